The van der Waals surface area contributed by atoms with E-state index in [-0.39, 0.29) is 0 Å². The Labute approximate surface area is 152 Å². The van der Waals surface area contributed by atoms with Crippen molar-refractivity contribution in [2.24, 2.45) is 0 Å². The molecule has 1 atom stereocenters. The number of carbonyl (C=O) groups excluding carboxylic acids is 2. The highest BCUT2D eigenvalue weighted by atomic mass is 16.6. The van der Waals surface area contributed by atoms with Gasteiger partial charge in [0.15, 0.2) is 17.6 Å². The minimum absolute atomic E-state index is 0.417. The van der Waals surface area contributed by atoms with Crippen LogP contribution in [0.15, 0.2) is 36.4 Å². The maximum absolute atomic E-state index is 12.3. The first-order chi connectivity index (χ1) is 12.4. The predicted molar refractivity (Wildman–Crippen MR) is 96.9 cm³/mol. The van der Waals surface area contributed by atoms with Gasteiger partial charge in [0.1, 0.15) is 13.2 Å². The molecular formula is C20H21NO5. The molecule has 0 aliphatic carbocycles. The zero-order valence-electron chi connectivity index (χ0n) is 15.0. The number of hydrogen-bond acceptors (Lipinski definition) is 5. The molecule has 1 heterocycles. The summed E-state index contributed by atoms with van der Waals surface area (Å²) in [5.41, 5.74) is 2.88. The number of carbonyl (C=O) groups is 2. The van der Waals surface area contributed by atoms with Gasteiger partial charge in [0.25, 0.3) is 5.91 Å². The van der Waals surface area contributed by atoms with Crippen molar-refractivity contribution >= 4 is 17.6 Å². The molecule has 1 N–H and O–H groups in total. The molecule has 0 spiro atoms. The van der Waals surface area contributed by atoms with Crippen molar-refractivity contribution in [1.82, 2.24) is 0 Å². The molecule has 0 fully saturated rings. The molecule has 0 bridgehead atoms. The van der Waals surface area contributed by atoms with Gasteiger partial charge in [-0.05, 0) is 44.5 Å². The lowest BCUT2D eigenvalue weighted by atomic mass is 10.1. The highest BCUT2D eigenvalue weighted by Gasteiger charge is 2.21. The zero-order valence-corrected chi connectivity index (χ0v) is 15.0. The van der Waals surface area contributed by atoms with Crippen LogP contribution in [-0.4, -0.2) is 31.2 Å². The first-order valence-electron chi connectivity index (χ1n) is 8.43. The average Bonchev–Trinajstić information content (AvgIpc) is 2.61. The summed E-state index contributed by atoms with van der Waals surface area (Å²) in [6, 6.07) is 10.6. The predicted octanol–water partition coefficient (Wildman–Crippen LogP) is 3.26. The monoisotopic (exact) mass is 355 g/mol. The molecule has 136 valence electrons. The Morgan fingerprint density at radius 1 is 1.04 bits per heavy atom. The molecule has 0 unspecified atom stereocenters. The molecular weight excluding hydrogens is 334 g/mol. The van der Waals surface area contributed by atoms with Crippen molar-refractivity contribution in [2.45, 2.75) is 26.9 Å². The van der Waals surface area contributed by atoms with Gasteiger partial charge in [0.2, 0.25) is 0 Å². The number of aryl methyl sites for hydroxylation is 2. The Bertz CT molecular complexity index is 846. The summed E-state index contributed by atoms with van der Waals surface area (Å²) in [4.78, 5) is 24.6. The Kier molecular flexibility index (Phi) is 5.11. The van der Waals surface area contributed by atoms with E-state index in [9.17, 15) is 9.59 Å². The summed E-state index contributed by atoms with van der Waals surface area (Å²) in [5, 5.41) is 2.72. The van der Waals surface area contributed by atoms with E-state index in [2.05, 4.69) is 5.32 Å². The van der Waals surface area contributed by atoms with E-state index in [4.69, 9.17) is 14.2 Å². The third-order valence-corrected chi connectivity index (χ3v) is 4.06. The van der Waals surface area contributed by atoms with Gasteiger partial charge in [0.05, 0.1) is 5.56 Å². The number of nitrogens with one attached hydrogen (secondary N) is 1. The Balaban J connectivity index is 1.63. The Hall–Kier alpha value is -3.02. The van der Waals surface area contributed by atoms with Crippen molar-refractivity contribution in [2.75, 3.05) is 18.5 Å². The molecule has 1 amide bonds. The molecule has 1 aliphatic heterocycles. The third-order valence-electron chi connectivity index (χ3n) is 4.06. The molecule has 6 nitrogen and oxygen atoms in total. The van der Waals surface area contributed by atoms with Gasteiger partial charge in [0, 0.05) is 11.8 Å². The standard InChI is InChI=1S/C20H21NO5/c1-12-4-6-16(13(2)10-12)20(23)26-14(3)19(22)21-15-5-7-17-18(11-15)25-9-8-24-17/h4-7,10-11,14H,8-9H2,1-3H3,(H,21,22)/t14-/m0/s1. The van der Waals surface area contributed by atoms with Crippen molar-refractivity contribution in [3.63, 3.8) is 0 Å². The topological polar surface area (TPSA) is 73.9 Å². The first kappa shape index (κ1) is 17.8. The molecule has 1 aliphatic rings. The van der Waals surface area contributed by atoms with E-state index >= 15 is 0 Å². The minimum atomic E-state index is -0.934. The van der Waals surface area contributed by atoms with Crippen LogP contribution in [0.5, 0.6) is 11.5 Å². The quantitative estimate of drug-likeness (QED) is 0.852. The molecule has 0 radical (unpaired) electrons. The van der Waals surface area contributed by atoms with Crippen LogP contribution in [0.1, 0.15) is 28.4 Å². The fourth-order valence-corrected chi connectivity index (χ4v) is 2.69. The van der Waals surface area contributed by atoms with Crippen LogP contribution in [0.2, 0.25) is 0 Å². The van der Waals surface area contributed by atoms with Crippen LogP contribution in [0.4, 0.5) is 5.69 Å². The van der Waals surface area contributed by atoms with Gasteiger partial charge in [-0.3, -0.25) is 4.79 Å². The molecule has 2 aromatic rings. The number of ether oxygens (including phenoxy) is 3. The van der Waals surface area contributed by atoms with E-state index < -0.39 is 18.0 Å². The number of rotatable bonds is 4. The van der Waals surface area contributed by atoms with E-state index in [1.54, 1.807) is 24.3 Å². The van der Waals surface area contributed by atoms with E-state index in [1.165, 1.54) is 6.92 Å². The van der Waals surface area contributed by atoms with Crippen LogP contribution in [0, 0.1) is 13.8 Å². The van der Waals surface area contributed by atoms with Crippen LogP contribution >= 0.6 is 0 Å². The maximum Gasteiger partial charge on any atom is 0.339 e. The summed E-state index contributed by atoms with van der Waals surface area (Å²) in [6.07, 6.45) is -0.934. The maximum atomic E-state index is 12.3. The van der Waals surface area contributed by atoms with E-state index in [1.807, 2.05) is 26.0 Å². The lowest BCUT2D eigenvalue weighted by Crippen LogP contribution is -2.30. The van der Waals surface area contributed by atoms with Gasteiger partial charge in [-0.15, -0.1) is 0 Å². The van der Waals surface area contributed by atoms with Gasteiger partial charge in [-0.25, -0.2) is 4.79 Å². The SMILES string of the molecule is Cc1ccc(C(=O)O[C@@H](C)C(=O)Nc2ccc3c(c2)OCCO3)c(C)c1. The van der Waals surface area contributed by atoms with Crippen LogP contribution < -0.4 is 14.8 Å². The van der Waals surface area contributed by atoms with Crippen molar-refractivity contribution < 1.29 is 23.8 Å². The number of hydrogen-bond donors (Lipinski definition) is 1. The average molecular weight is 355 g/mol. The number of esters is 1. The third kappa shape index (κ3) is 3.96. The lowest BCUT2D eigenvalue weighted by Gasteiger charge is -2.19. The fraction of sp³-hybridized carbons (Fsp3) is 0.300. The molecule has 2 aromatic carbocycles. The summed E-state index contributed by atoms with van der Waals surface area (Å²) >= 11 is 0. The second-order valence-corrected chi connectivity index (χ2v) is 6.21. The number of benzene rings is 2. The van der Waals surface area contributed by atoms with Crippen LogP contribution in [0.3, 0.4) is 0 Å². The number of fused-ring (bicyclic) bond motifs is 1. The molecule has 6 heteroatoms. The zero-order chi connectivity index (χ0) is 18.7. The van der Waals surface area contributed by atoms with Crippen LogP contribution in [-0.2, 0) is 9.53 Å². The molecule has 0 saturated carbocycles. The summed E-state index contributed by atoms with van der Waals surface area (Å²) in [5.74, 6) is 0.282. The molecule has 0 saturated heterocycles. The first-order valence-corrected chi connectivity index (χ1v) is 8.43. The van der Waals surface area contributed by atoms with E-state index in [0.29, 0.717) is 36.0 Å². The van der Waals surface area contributed by atoms with Crippen molar-refractivity contribution in [3.05, 3.63) is 53.1 Å². The lowest BCUT2D eigenvalue weighted by molar-refractivity contribution is -0.123. The molecule has 26 heavy (non-hydrogen) atoms. The Morgan fingerprint density at radius 2 is 1.77 bits per heavy atom. The summed E-state index contributed by atoms with van der Waals surface area (Å²) in [6.45, 7) is 6.29. The van der Waals surface area contributed by atoms with Gasteiger partial charge in [-0.1, -0.05) is 17.7 Å². The van der Waals surface area contributed by atoms with Gasteiger partial charge >= 0.3 is 5.97 Å². The van der Waals surface area contributed by atoms with Crippen molar-refractivity contribution in [3.8, 4) is 11.5 Å². The minimum Gasteiger partial charge on any atom is -0.486 e. The summed E-state index contributed by atoms with van der Waals surface area (Å²) in [7, 11) is 0. The highest BCUT2D eigenvalue weighted by molar-refractivity contribution is 5.98. The second kappa shape index (κ2) is 7.47. The molecule has 0 aromatic heterocycles. The van der Waals surface area contributed by atoms with E-state index in [0.717, 1.165) is 11.1 Å². The normalized spacial score (nSPS) is 13.7. The second-order valence-electron chi connectivity index (χ2n) is 6.21. The van der Waals surface area contributed by atoms with Crippen LogP contribution in [0.25, 0.3) is 0 Å². The smallest absolute Gasteiger partial charge is 0.339 e. The fourth-order valence-electron chi connectivity index (χ4n) is 2.69. The highest BCUT2D eigenvalue weighted by Crippen LogP contribution is 2.32. The molecule has 3 rings (SSSR count). The van der Waals surface area contributed by atoms with Crippen molar-refractivity contribution in [1.29, 1.82) is 0 Å². The Morgan fingerprint density at radius 3 is 2.50 bits per heavy atom. The number of anilines is 1. The summed E-state index contributed by atoms with van der Waals surface area (Å²) < 4.78 is 16.2. The largest absolute Gasteiger partial charge is 0.486 e. The van der Waals surface area contributed by atoms with Gasteiger partial charge < -0.3 is 19.5 Å². The van der Waals surface area contributed by atoms with Gasteiger partial charge in [-0.2, -0.15) is 0 Å². The number of amides is 1.